The normalized spacial score (nSPS) is 13.8. The summed E-state index contributed by atoms with van der Waals surface area (Å²) in [6.07, 6.45) is 1.60. The quantitative estimate of drug-likeness (QED) is 0.628. The lowest BCUT2D eigenvalue weighted by molar-refractivity contribution is 0.231. The largest absolute Gasteiger partial charge is 0.271 e. The standard InChI is InChI=1S/C13H20ClFN2/c1-4-13(2,3)12(17-16)8-9-7-10(15)5-6-11(9)14/h5-7,12,17H,4,8,16H2,1-3H3. The van der Waals surface area contributed by atoms with E-state index < -0.39 is 0 Å². The van der Waals surface area contributed by atoms with Crippen LogP contribution in [0.15, 0.2) is 18.2 Å². The van der Waals surface area contributed by atoms with Crippen LogP contribution in [0.3, 0.4) is 0 Å². The number of hydrazine groups is 1. The first-order valence-electron chi connectivity index (χ1n) is 5.80. The zero-order valence-electron chi connectivity index (χ0n) is 10.6. The number of nitrogens with two attached hydrogens (primary N) is 1. The van der Waals surface area contributed by atoms with Crippen molar-refractivity contribution in [1.29, 1.82) is 0 Å². The van der Waals surface area contributed by atoms with Crippen LogP contribution < -0.4 is 11.3 Å². The second-order valence-electron chi connectivity index (χ2n) is 5.00. The van der Waals surface area contributed by atoms with Crippen LogP contribution in [0.25, 0.3) is 0 Å². The average Bonchev–Trinajstić information content (AvgIpc) is 2.30. The highest BCUT2D eigenvalue weighted by molar-refractivity contribution is 6.31. The maximum atomic E-state index is 13.2. The van der Waals surface area contributed by atoms with E-state index in [2.05, 4.69) is 26.2 Å². The topological polar surface area (TPSA) is 38.0 Å². The van der Waals surface area contributed by atoms with Crippen molar-refractivity contribution in [2.75, 3.05) is 0 Å². The van der Waals surface area contributed by atoms with Gasteiger partial charge in [-0.05, 0) is 42.0 Å². The highest BCUT2D eigenvalue weighted by atomic mass is 35.5. The molecule has 0 heterocycles. The number of hydrogen-bond acceptors (Lipinski definition) is 2. The van der Waals surface area contributed by atoms with Crippen LogP contribution in [-0.4, -0.2) is 6.04 Å². The molecule has 1 unspecified atom stereocenters. The predicted octanol–water partition coefficient (Wildman–Crippen LogP) is 3.29. The van der Waals surface area contributed by atoms with Crippen LogP contribution in [0.2, 0.25) is 5.02 Å². The number of nitrogens with one attached hydrogen (secondary N) is 1. The summed E-state index contributed by atoms with van der Waals surface area (Å²) in [5.74, 6) is 5.31. The van der Waals surface area contributed by atoms with E-state index in [-0.39, 0.29) is 17.3 Å². The van der Waals surface area contributed by atoms with E-state index >= 15 is 0 Å². The Hall–Kier alpha value is -0.640. The Kier molecular flexibility index (Phi) is 4.92. The number of hydrogen-bond donors (Lipinski definition) is 2. The maximum absolute atomic E-state index is 13.2. The fourth-order valence-corrected chi connectivity index (χ4v) is 1.92. The van der Waals surface area contributed by atoms with Crippen LogP contribution in [0.4, 0.5) is 4.39 Å². The molecule has 0 aliphatic carbocycles. The molecule has 0 amide bonds. The zero-order valence-corrected chi connectivity index (χ0v) is 11.3. The summed E-state index contributed by atoms with van der Waals surface area (Å²) in [4.78, 5) is 0. The lowest BCUT2D eigenvalue weighted by atomic mass is 9.79. The van der Waals surface area contributed by atoms with Gasteiger partial charge >= 0.3 is 0 Å². The molecule has 17 heavy (non-hydrogen) atoms. The van der Waals surface area contributed by atoms with Crippen molar-refractivity contribution in [3.05, 3.63) is 34.6 Å². The summed E-state index contributed by atoms with van der Waals surface area (Å²) in [6, 6.07) is 4.48. The molecule has 3 N–H and O–H groups in total. The minimum Gasteiger partial charge on any atom is -0.271 e. The van der Waals surface area contributed by atoms with Gasteiger partial charge in [-0.1, -0.05) is 32.4 Å². The van der Waals surface area contributed by atoms with Gasteiger partial charge in [-0.2, -0.15) is 0 Å². The Balaban J connectivity index is 2.91. The van der Waals surface area contributed by atoms with E-state index in [1.54, 1.807) is 6.07 Å². The van der Waals surface area contributed by atoms with Crippen molar-refractivity contribution in [2.45, 2.75) is 39.7 Å². The monoisotopic (exact) mass is 258 g/mol. The smallest absolute Gasteiger partial charge is 0.123 e. The Morgan fingerprint density at radius 2 is 2.12 bits per heavy atom. The fourth-order valence-electron chi connectivity index (χ4n) is 1.73. The summed E-state index contributed by atoms with van der Waals surface area (Å²) in [6.45, 7) is 6.37. The molecule has 1 rings (SSSR count). The second-order valence-corrected chi connectivity index (χ2v) is 5.41. The fraction of sp³-hybridized carbons (Fsp3) is 0.538. The third-order valence-electron chi connectivity index (χ3n) is 3.49. The summed E-state index contributed by atoms with van der Waals surface area (Å²) in [5.41, 5.74) is 3.63. The van der Waals surface area contributed by atoms with Crippen molar-refractivity contribution in [2.24, 2.45) is 11.3 Å². The summed E-state index contributed by atoms with van der Waals surface area (Å²) < 4.78 is 13.2. The third kappa shape index (κ3) is 3.66. The predicted molar refractivity (Wildman–Crippen MR) is 70.3 cm³/mol. The Morgan fingerprint density at radius 3 is 2.65 bits per heavy atom. The van der Waals surface area contributed by atoms with Crippen molar-refractivity contribution >= 4 is 11.6 Å². The number of benzene rings is 1. The van der Waals surface area contributed by atoms with Gasteiger partial charge in [0.05, 0.1) is 0 Å². The minimum absolute atomic E-state index is 0.0321. The van der Waals surface area contributed by atoms with E-state index in [4.69, 9.17) is 17.4 Å². The maximum Gasteiger partial charge on any atom is 0.123 e. The van der Waals surface area contributed by atoms with Gasteiger partial charge in [-0.3, -0.25) is 11.3 Å². The van der Waals surface area contributed by atoms with Gasteiger partial charge < -0.3 is 0 Å². The lowest BCUT2D eigenvalue weighted by Gasteiger charge is -2.33. The first-order chi connectivity index (χ1) is 7.90. The summed E-state index contributed by atoms with van der Waals surface area (Å²) >= 11 is 6.06. The van der Waals surface area contributed by atoms with Gasteiger partial charge in [0.1, 0.15) is 5.82 Å². The number of rotatable bonds is 5. The van der Waals surface area contributed by atoms with Gasteiger partial charge in [-0.25, -0.2) is 4.39 Å². The first kappa shape index (κ1) is 14.4. The SMILES string of the molecule is CCC(C)(C)C(Cc1cc(F)ccc1Cl)NN. The molecule has 0 aromatic heterocycles. The molecule has 0 aliphatic rings. The molecule has 0 saturated carbocycles. The van der Waals surface area contributed by atoms with Gasteiger partial charge in [0.25, 0.3) is 0 Å². The molecule has 96 valence electrons. The number of halogens is 2. The Morgan fingerprint density at radius 1 is 1.47 bits per heavy atom. The van der Waals surface area contributed by atoms with Crippen LogP contribution in [0.1, 0.15) is 32.8 Å². The Bertz CT molecular complexity index is 380. The molecular formula is C13H20ClFN2. The van der Waals surface area contributed by atoms with Crippen LogP contribution in [-0.2, 0) is 6.42 Å². The molecule has 0 aliphatic heterocycles. The molecule has 0 saturated heterocycles. The Labute approximate surface area is 107 Å². The van der Waals surface area contributed by atoms with Crippen LogP contribution in [0, 0.1) is 11.2 Å². The molecule has 0 radical (unpaired) electrons. The van der Waals surface area contributed by atoms with Crippen molar-refractivity contribution in [3.8, 4) is 0 Å². The van der Waals surface area contributed by atoms with E-state index in [1.807, 2.05) is 0 Å². The van der Waals surface area contributed by atoms with Gasteiger partial charge in [0.2, 0.25) is 0 Å². The molecule has 1 aromatic rings. The molecular weight excluding hydrogens is 239 g/mol. The third-order valence-corrected chi connectivity index (χ3v) is 3.86. The molecule has 1 atom stereocenters. The molecule has 0 spiro atoms. The molecule has 1 aromatic carbocycles. The highest BCUT2D eigenvalue weighted by Crippen LogP contribution is 2.29. The van der Waals surface area contributed by atoms with Crippen molar-refractivity contribution in [3.63, 3.8) is 0 Å². The molecule has 2 nitrogen and oxygen atoms in total. The van der Waals surface area contributed by atoms with E-state index in [1.165, 1.54) is 12.1 Å². The summed E-state index contributed by atoms with van der Waals surface area (Å²) in [5, 5.41) is 0.582. The average molecular weight is 259 g/mol. The van der Waals surface area contributed by atoms with E-state index in [0.717, 1.165) is 12.0 Å². The zero-order chi connectivity index (χ0) is 13.1. The minimum atomic E-state index is -0.269. The van der Waals surface area contributed by atoms with Crippen molar-refractivity contribution in [1.82, 2.24) is 5.43 Å². The first-order valence-corrected chi connectivity index (χ1v) is 6.18. The van der Waals surface area contributed by atoms with Gasteiger partial charge in [-0.15, -0.1) is 0 Å². The van der Waals surface area contributed by atoms with Crippen LogP contribution >= 0.6 is 11.6 Å². The second kappa shape index (κ2) is 5.80. The highest BCUT2D eigenvalue weighted by Gasteiger charge is 2.27. The summed E-state index contributed by atoms with van der Waals surface area (Å²) in [7, 11) is 0. The lowest BCUT2D eigenvalue weighted by Crippen LogP contribution is -2.47. The molecule has 0 fully saturated rings. The molecule has 4 heteroatoms. The van der Waals surface area contributed by atoms with Crippen molar-refractivity contribution < 1.29 is 4.39 Å². The van der Waals surface area contributed by atoms with Crippen LogP contribution in [0.5, 0.6) is 0 Å². The van der Waals surface area contributed by atoms with E-state index in [9.17, 15) is 4.39 Å². The van der Waals surface area contributed by atoms with E-state index in [0.29, 0.717) is 11.4 Å². The van der Waals surface area contributed by atoms with Gasteiger partial charge in [0.15, 0.2) is 0 Å². The van der Waals surface area contributed by atoms with Gasteiger partial charge in [0, 0.05) is 11.1 Å². The molecule has 0 bridgehead atoms.